The topological polar surface area (TPSA) is 93.9 Å². The van der Waals surface area contributed by atoms with Crippen LogP contribution in [0, 0.1) is 0 Å². The molecule has 1 saturated heterocycles. The molecule has 3 heterocycles. The molecule has 1 N–H and O–H groups in total. The summed E-state index contributed by atoms with van der Waals surface area (Å²) >= 11 is 0. The van der Waals surface area contributed by atoms with Gasteiger partial charge in [0.15, 0.2) is 6.29 Å². The molecule has 1 fully saturated rings. The minimum absolute atomic E-state index is 0.0137. The summed E-state index contributed by atoms with van der Waals surface area (Å²) in [6, 6.07) is 38.9. The SMILES string of the molecule is O=C1c2ccccc2C(=O)N1Cc1cccc(-c2cccc([C@H]3O[C@@H](Cn4cnc5ccccc54)C[C@@H](c4ccc(CO)cc4)O3)c2)c1. The number of ether oxygens (including phenoxy) is 2. The number of benzene rings is 5. The Balaban J connectivity index is 1.06. The second-order valence-corrected chi connectivity index (χ2v) is 12.3. The molecule has 2 amide bonds. The Morgan fingerprint density at radius 3 is 2.19 bits per heavy atom. The van der Waals surface area contributed by atoms with Crippen LogP contribution in [0.25, 0.3) is 22.2 Å². The molecule has 48 heavy (non-hydrogen) atoms. The standard InChI is InChI=1S/C40H33N3O5/c44-24-26-15-17-28(18-16-26)37-21-32(23-42-25-41-35-13-3-4-14-36(35)42)47-40(48-37)31-10-6-9-30(20-31)29-8-5-7-27(19-29)22-43-38(45)33-11-1-2-12-34(33)39(43)46/h1-20,25,32,37,40,44H,21-24H2/t32-,37+,40+/m1/s1. The van der Waals surface area contributed by atoms with Crippen LogP contribution in [0.1, 0.15) is 61.8 Å². The maximum atomic E-state index is 13.0. The van der Waals surface area contributed by atoms with Crippen LogP contribution >= 0.6 is 0 Å². The number of aliphatic hydroxyl groups excluding tert-OH is 1. The van der Waals surface area contributed by atoms with E-state index in [0.717, 1.165) is 44.4 Å². The highest BCUT2D eigenvalue weighted by Crippen LogP contribution is 2.39. The third kappa shape index (κ3) is 5.71. The number of fused-ring (bicyclic) bond motifs is 2. The van der Waals surface area contributed by atoms with Crippen molar-refractivity contribution in [2.24, 2.45) is 0 Å². The van der Waals surface area contributed by atoms with Gasteiger partial charge in [0.2, 0.25) is 0 Å². The lowest BCUT2D eigenvalue weighted by Gasteiger charge is -2.36. The highest BCUT2D eigenvalue weighted by Gasteiger charge is 2.35. The van der Waals surface area contributed by atoms with Gasteiger partial charge < -0.3 is 19.1 Å². The molecule has 8 rings (SSSR count). The van der Waals surface area contributed by atoms with Crippen LogP contribution in [-0.4, -0.2) is 37.5 Å². The molecule has 0 bridgehead atoms. The smallest absolute Gasteiger partial charge is 0.261 e. The molecule has 238 valence electrons. The molecule has 1 aromatic heterocycles. The van der Waals surface area contributed by atoms with Gasteiger partial charge >= 0.3 is 0 Å². The average Bonchev–Trinajstić information content (AvgIpc) is 3.65. The first-order valence-corrected chi connectivity index (χ1v) is 16.1. The zero-order valence-electron chi connectivity index (χ0n) is 26.1. The molecule has 0 saturated carbocycles. The Morgan fingerprint density at radius 1 is 0.708 bits per heavy atom. The predicted octanol–water partition coefficient (Wildman–Crippen LogP) is 7.24. The van der Waals surface area contributed by atoms with Crippen LogP contribution in [0.15, 0.2) is 128 Å². The monoisotopic (exact) mass is 635 g/mol. The fourth-order valence-corrected chi connectivity index (χ4v) is 6.69. The number of hydrogen-bond donors (Lipinski definition) is 1. The maximum Gasteiger partial charge on any atom is 0.261 e. The molecule has 3 atom stereocenters. The fourth-order valence-electron chi connectivity index (χ4n) is 6.69. The van der Waals surface area contributed by atoms with Crippen molar-refractivity contribution in [2.45, 2.75) is 44.6 Å². The van der Waals surface area contributed by atoms with Gasteiger partial charge in [-0.05, 0) is 64.2 Å². The Hall–Kier alpha value is -5.41. The van der Waals surface area contributed by atoms with Crippen LogP contribution in [0.5, 0.6) is 0 Å². The van der Waals surface area contributed by atoms with E-state index >= 15 is 0 Å². The summed E-state index contributed by atoms with van der Waals surface area (Å²) in [5.41, 5.74) is 8.43. The van der Waals surface area contributed by atoms with Gasteiger partial charge in [-0.3, -0.25) is 14.5 Å². The summed E-state index contributed by atoms with van der Waals surface area (Å²) in [6.45, 7) is 0.793. The van der Waals surface area contributed by atoms with E-state index in [1.807, 2.05) is 91.3 Å². The first-order valence-electron chi connectivity index (χ1n) is 16.1. The average molecular weight is 636 g/mol. The lowest BCUT2D eigenvalue weighted by atomic mass is 9.98. The van der Waals surface area contributed by atoms with Crippen LogP contribution < -0.4 is 0 Å². The van der Waals surface area contributed by atoms with Gasteiger partial charge in [-0.1, -0.05) is 84.9 Å². The largest absolute Gasteiger partial charge is 0.392 e. The van der Waals surface area contributed by atoms with Crippen molar-refractivity contribution in [1.82, 2.24) is 14.5 Å². The number of carbonyl (C=O) groups excluding carboxylic acids is 2. The number of imidazole rings is 1. The van der Waals surface area contributed by atoms with E-state index in [-0.39, 0.29) is 37.2 Å². The molecule has 8 heteroatoms. The number of carbonyl (C=O) groups is 2. The number of imide groups is 1. The molecule has 0 unspecified atom stereocenters. The Morgan fingerprint density at radius 2 is 1.42 bits per heavy atom. The van der Waals surface area contributed by atoms with Gasteiger partial charge in [0.25, 0.3) is 11.8 Å². The molecule has 2 aliphatic rings. The molecular weight excluding hydrogens is 602 g/mol. The van der Waals surface area contributed by atoms with E-state index in [1.165, 1.54) is 4.90 Å². The Kier molecular flexibility index (Phi) is 7.90. The maximum absolute atomic E-state index is 13.0. The lowest BCUT2D eigenvalue weighted by molar-refractivity contribution is -0.252. The molecule has 5 aromatic carbocycles. The van der Waals surface area contributed by atoms with E-state index < -0.39 is 6.29 Å². The van der Waals surface area contributed by atoms with Crippen molar-refractivity contribution in [1.29, 1.82) is 0 Å². The number of rotatable bonds is 8. The van der Waals surface area contributed by atoms with Gasteiger partial charge in [0.1, 0.15) is 0 Å². The van der Waals surface area contributed by atoms with Gasteiger partial charge in [-0.2, -0.15) is 0 Å². The molecule has 0 aliphatic carbocycles. The van der Waals surface area contributed by atoms with Crippen molar-refractivity contribution in [3.8, 4) is 11.1 Å². The number of para-hydroxylation sites is 2. The zero-order chi connectivity index (χ0) is 32.6. The highest BCUT2D eigenvalue weighted by molar-refractivity contribution is 6.21. The van der Waals surface area contributed by atoms with Gasteiger partial charge in [-0.25, -0.2) is 4.98 Å². The summed E-state index contributed by atoms with van der Waals surface area (Å²) in [7, 11) is 0. The van der Waals surface area contributed by atoms with Crippen molar-refractivity contribution in [3.05, 3.63) is 161 Å². The molecular formula is C40H33N3O5. The van der Waals surface area contributed by atoms with Crippen LogP contribution in [0.4, 0.5) is 0 Å². The number of nitrogens with zero attached hydrogens (tertiary/aromatic N) is 3. The van der Waals surface area contributed by atoms with Crippen LogP contribution in [0.2, 0.25) is 0 Å². The van der Waals surface area contributed by atoms with Gasteiger partial charge in [-0.15, -0.1) is 0 Å². The Bertz CT molecular complexity index is 2100. The van der Waals surface area contributed by atoms with Gasteiger partial charge in [0, 0.05) is 12.0 Å². The minimum Gasteiger partial charge on any atom is -0.392 e. The third-order valence-electron chi connectivity index (χ3n) is 9.18. The summed E-state index contributed by atoms with van der Waals surface area (Å²) < 4.78 is 15.4. The van der Waals surface area contributed by atoms with E-state index in [9.17, 15) is 14.7 Å². The van der Waals surface area contributed by atoms with Crippen molar-refractivity contribution in [3.63, 3.8) is 0 Å². The second-order valence-electron chi connectivity index (χ2n) is 12.3. The van der Waals surface area contributed by atoms with Gasteiger partial charge in [0.05, 0.1) is 60.4 Å². The molecule has 8 nitrogen and oxygen atoms in total. The molecule has 0 radical (unpaired) electrons. The van der Waals surface area contributed by atoms with E-state index in [2.05, 4.69) is 21.7 Å². The van der Waals surface area contributed by atoms with E-state index in [0.29, 0.717) is 24.1 Å². The highest BCUT2D eigenvalue weighted by atomic mass is 16.7. The molecule has 2 aliphatic heterocycles. The summed E-state index contributed by atoms with van der Waals surface area (Å²) in [4.78, 5) is 31.9. The van der Waals surface area contributed by atoms with Crippen molar-refractivity contribution < 1.29 is 24.2 Å². The normalized spacial score (nSPS) is 19.2. The predicted molar refractivity (Wildman–Crippen MR) is 181 cm³/mol. The molecule has 6 aromatic rings. The van der Waals surface area contributed by atoms with E-state index in [4.69, 9.17) is 9.47 Å². The zero-order valence-corrected chi connectivity index (χ0v) is 26.1. The number of aliphatic hydroxyl groups is 1. The third-order valence-corrected chi connectivity index (χ3v) is 9.18. The number of amides is 2. The number of aromatic nitrogens is 2. The van der Waals surface area contributed by atoms with Crippen LogP contribution in [-0.2, 0) is 29.2 Å². The summed E-state index contributed by atoms with van der Waals surface area (Å²) in [5.74, 6) is -0.540. The van der Waals surface area contributed by atoms with Crippen molar-refractivity contribution >= 4 is 22.8 Å². The minimum atomic E-state index is -0.623. The second kappa shape index (κ2) is 12.7. The number of hydrogen-bond acceptors (Lipinski definition) is 6. The van der Waals surface area contributed by atoms with Crippen molar-refractivity contribution in [2.75, 3.05) is 0 Å². The quantitative estimate of drug-likeness (QED) is 0.177. The lowest BCUT2D eigenvalue weighted by Crippen LogP contribution is -2.32. The first-order chi connectivity index (χ1) is 23.5. The summed E-state index contributed by atoms with van der Waals surface area (Å²) in [6.07, 6.45) is 1.51. The van der Waals surface area contributed by atoms with Crippen LogP contribution in [0.3, 0.4) is 0 Å². The van der Waals surface area contributed by atoms with E-state index in [1.54, 1.807) is 24.3 Å². The fraction of sp³-hybridized carbons (Fsp3) is 0.175. The summed E-state index contributed by atoms with van der Waals surface area (Å²) in [5, 5.41) is 9.58. The first kappa shape index (κ1) is 30.0. The molecule has 0 spiro atoms. The Labute approximate surface area is 277 Å².